The Balaban J connectivity index is 0.00000106. The molecular weight excluding hydrogens is 260 g/mol. The van der Waals surface area contributed by atoms with E-state index in [1.165, 1.54) is 25.7 Å². The zero-order valence-corrected chi connectivity index (χ0v) is 14.9. The molecule has 0 N–H and O–H groups in total. The van der Waals surface area contributed by atoms with Gasteiger partial charge in [0.25, 0.3) is 0 Å². The fraction of sp³-hybridized carbons (Fsp3) is 0.944. The van der Waals surface area contributed by atoms with E-state index < -0.39 is 0 Å². The molecule has 0 spiro atoms. The first-order chi connectivity index (χ1) is 10.2. The maximum absolute atomic E-state index is 12.3. The van der Waals surface area contributed by atoms with E-state index in [4.69, 9.17) is 0 Å². The van der Waals surface area contributed by atoms with Crippen molar-refractivity contribution in [1.82, 2.24) is 9.80 Å². The smallest absolute Gasteiger partial charge is 0.222 e. The first-order valence-corrected chi connectivity index (χ1v) is 9.19. The van der Waals surface area contributed by atoms with Crippen molar-refractivity contribution in [3.63, 3.8) is 0 Å². The molecule has 1 unspecified atom stereocenters. The molecule has 2 fully saturated rings. The van der Waals surface area contributed by atoms with Gasteiger partial charge in [-0.05, 0) is 31.7 Å². The highest BCUT2D eigenvalue weighted by atomic mass is 16.2. The summed E-state index contributed by atoms with van der Waals surface area (Å²) in [5.41, 5.74) is 0. The molecule has 2 bridgehead atoms. The molecule has 3 heteroatoms. The summed E-state index contributed by atoms with van der Waals surface area (Å²) in [6.07, 6.45) is 6.83. The Morgan fingerprint density at radius 2 is 1.71 bits per heavy atom. The fourth-order valence-electron chi connectivity index (χ4n) is 3.67. The molecule has 0 aromatic heterocycles. The van der Waals surface area contributed by atoms with Crippen molar-refractivity contribution >= 4 is 5.91 Å². The molecule has 2 heterocycles. The van der Waals surface area contributed by atoms with Crippen LogP contribution in [0.2, 0.25) is 0 Å². The van der Waals surface area contributed by atoms with Crippen LogP contribution >= 0.6 is 0 Å². The number of fused-ring (bicyclic) bond motifs is 2. The summed E-state index contributed by atoms with van der Waals surface area (Å²) in [5.74, 6) is 1.16. The molecule has 3 atom stereocenters. The highest BCUT2D eigenvalue weighted by molar-refractivity contribution is 5.76. The number of hydrogen-bond donors (Lipinski definition) is 0. The topological polar surface area (TPSA) is 23.6 Å². The van der Waals surface area contributed by atoms with Crippen molar-refractivity contribution in [2.45, 2.75) is 85.2 Å². The number of nitrogens with zero attached hydrogens (tertiary/aromatic N) is 2. The molecule has 1 amide bonds. The normalized spacial score (nSPS) is 26.2. The monoisotopic (exact) mass is 296 g/mol. The first-order valence-electron chi connectivity index (χ1n) is 9.19. The molecule has 124 valence electrons. The molecule has 2 aliphatic rings. The molecule has 21 heavy (non-hydrogen) atoms. The Hall–Kier alpha value is -0.570. The third-order valence-electron chi connectivity index (χ3n) is 5.14. The molecule has 0 aromatic carbocycles. The Kier molecular flexibility index (Phi) is 8.31. The van der Waals surface area contributed by atoms with Crippen molar-refractivity contribution in [2.24, 2.45) is 5.92 Å². The van der Waals surface area contributed by atoms with Crippen LogP contribution in [-0.4, -0.2) is 47.4 Å². The van der Waals surface area contributed by atoms with E-state index in [2.05, 4.69) is 30.6 Å². The van der Waals surface area contributed by atoms with Gasteiger partial charge in [0.15, 0.2) is 0 Å². The van der Waals surface area contributed by atoms with Gasteiger partial charge in [-0.1, -0.05) is 47.5 Å². The molecule has 0 saturated carbocycles. The van der Waals surface area contributed by atoms with Crippen LogP contribution in [0.25, 0.3) is 0 Å². The number of rotatable bonds is 6. The predicted molar refractivity (Wildman–Crippen MR) is 90.4 cm³/mol. The Morgan fingerprint density at radius 1 is 1.14 bits per heavy atom. The molecule has 2 saturated heterocycles. The van der Waals surface area contributed by atoms with Crippen LogP contribution in [0, 0.1) is 5.92 Å². The second kappa shape index (κ2) is 9.45. The van der Waals surface area contributed by atoms with Gasteiger partial charge in [-0.3, -0.25) is 9.69 Å². The van der Waals surface area contributed by atoms with E-state index >= 15 is 0 Å². The van der Waals surface area contributed by atoms with Gasteiger partial charge in [0, 0.05) is 31.6 Å². The predicted octanol–water partition coefficient (Wildman–Crippen LogP) is 3.92. The third kappa shape index (κ3) is 4.98. The third-order valence-corrected chi connectivity index (χ3v) is 5.14. The lowest BCUT2D eigenvalue weighted by Gasteiger charge is -2.40. The van der Waals surface area contributed by atoms with Crippen molar-refractivity contribution in [1.29, 1.82) is 0 Å². The maximum Gasteiger partial charge on any atom is 0.222 e. The van der Waals surface area contributed by atoms with Gasteiger partial charge < -0.3 is 4.90 Å². The van der Waals surface area contributed by atoms with Gasteiger partial charge in [0.05, 0.1) is 0 Å². The minimum absolute atomic E-state index is 0.399. The van der Waals surface area contributed by atoms with Crippen molar-refractivity contribution in [2.75, 3.05) is 19.6 Å². The number of likely N-dealkylation sites (N-methyl/N-ethyl adjacent to an activating group) is 1. The largest absolute Gasteiger partial charge is 0.340 e. The van der Waals surface area contributed by atoms with Gasteiger partial charge in [0.1, 0.15) is 0 Å². The summed E-state index contributed by atoms with van der Waals surface area (Å²) in [6.45, 7) is 13.9. The maximum atomic E-state index is 12.3. The average molecular weight is 296 g/mol. The fourth-order valence-corrected chi connectivity index (χ4v) is 3.67. The summed E-state index contributed by atoms with van der Waals surface area (Å²) in [4.78, 5) is 17.0. The lowest BCUT2D eigenvalue weighted by Crippen LogP contribution is -2.55. The number of piperazine rings is 1. The van der Waals surface area contributed by atoms with Crippen LogP contribution in [0.3, 0.4) is 0 Å². The first kappa shape index (κ1) is 18.5. The van der Waals surface area contributed by atoms with E-state index in [9.17, 15) is 4.79 Å². The highest BCUT2D eigenvalue weighted by Gasteiger charge is 2.39. The number of carbonyl (C=O) groups is 1. The summed E-state index contributed by atoms with van der Waals surface area (Å²) in [7, 11) is 0. The van der Waals surface area contributed by atoms with Gasteiger partial charge in [-0.15, -0.1) is 0 Å². The molecule has 0 radical (unpaired) electrons. The SMILES string of the molecule is CC.CCC(C)CCCC(=O)N1C[C@H]2CC[C@@H](C1)N2CC. The number of likely N-dealkylation sites (tertiary alicyclic amines) is 1. The van der Waals surface area contributed by atoms with Crippen molar-refractivity contribution in [3.8, 4) is 0 Å². The lowest BCUT2D eigenvalue weighted by atomic mass is 10.0. The van der Waals surface area contributed by atoms with Gasteiger partial charge in [-0.2, -0.15) is 0 Å². The van der Waals surface area contributed by atoms with Crippen LogP contribution in [0.15, 0.2) is 0 Å². The van der Waals surface area contributed by atoms with Crippen molar-refractivity contribution in [3.05, 3.63) is 0 Å². The Morgan fingerprint density at radius 3 is 2.19 bits per heavy atom. The number of carbonyl (C=O) groups excluding carboxylic acids is 1. The van der Waals surface area contributed by atoms with Crippen LogP contribution in [0.5, 0.6) is 0 Å². The van der Waals surface area contributed by atoms with Crippen molar-refractivity contribution < 1.29 is 4.79 Å². The van der Waals surface area contributed by atoms with E-state index in [1.807, 2.05) is 13.8 Å². The van der Waals surface area contributed by atoms with E-state index in [-0.39, 0.29) is 0 Å². The summed E-state index contributed by atoms with van der Waals surface area (Å²) in [5, 5.41) is 0. The molecule has 0 aromatic rings. The zero-order valence-electron chi connectivity index (χ0n) is 14.9. The number of amides is 1. The van der Waals surface area contributed by atoms with E-state index in [0.29, 0.717) is 18.0 Å². The lowest BCUT2D eigenvalue weighted by molar-refractivity contribution is -0.134. The van der Waals surface area contributed by atoms with Gasteiger partial charge in [0.2, 0.25) is 5.91 Å². The van der Waals surface area contributed by atoms with Crippen LogP contribution < -0.4 is 0 Å². The Bertz CT molecular complexity index is 292. The molecule has 0 aliphatic carbocycles. The second-order valence-corrected chi connectivity index (χ2v) is 6.42. The standard InChI is InChI=1S/C16H30N2O.C2H6/c1-4-13(3)7-6-8-16(19)17-11-14-9-10-15(12-17)18(14)5-2;1-2/h13-15H,4-12H2,1-3H3;1-2H3/t13?,14-,15+;. The van der Waals surface area contributed by atoms with Crippen LogP contribution in [0.1, 0.15) is 73.1 Å². The van der Waals surface area contributed by atoms with E-state index in [1.54, 1.807) is 0 Å². The molecular formula is C18H36N2O. The quantitative estimate of drug-likeness (QED) is 0.741. The van der Waals surface area contributed by atoms with Gasteiger partial charge >= 0.3 is 0 Å². The highest BCUT2D eigenvalue weighted by Crippen LogP contribution is 2.30. The molecule has 2 aliphatic heterocycles. The minimum atomic E-state index is 0.399. The summed E-state index contributed by atoms with van der Waals surface area (Å²) in [6, 6.07) is 1.28. The minimum Gasteiger partial charge on any atom is -0.340 e. The van der Waals surface area contributed by atoms with Crippen LogP contribution in [-0.2, 0) is 4.79 Å². The van der Waals surface area contributed by atoms with Gasteiger partial charge in [-0.25, -0.2) is 0 Å². The second-order valence-electron chi connectivity index (χ2n) is 6.42. The summed E-state index contributed by atoms with van der Waals surface area (Å²) >= 11 is 0. The zero-order chi connectivity index (χ0) is 15.8. The summed E-state index contributed by atoms with van der Waals surface area (Å²) < 4.78 is 0. The average Bonchev–Trinajstić information content (AvgIpc) is 2.76. The Labute approximate surface area is 132 Å². The molecule has 2 rings (SSSR count). The van der Waals surface area contributed by atoms with E-state index in [0.717, 1.165) is 38.4 Å². The molecule has 3 nitrogen and oxygen atoms in total. The number of hydrogen-bond acceptors (Lipinski definition) is 2. The van der Waals surface area contributed by atoms with Crippen LogP contribution in [0.4, 0.5) is 0 Å².